The standard InChI is InChI=1S/C24H31N3O2/c1-24(2,3)20-11-7-19(8-12-20)17-26(4)23(29)25-16-18-9-13-21(14-10-18)27-15-5-6-22(27)28/h7-14H,5-6,15-17H2,1-4H3,(H,25,29). The highest BCUT2D eigenvalue weighted by Gasteiger charge is 2.21. The first-order chi connectivity index (χ1) is 13.7. The van der Waals surface area contributed by atoms with E-state index in [9.17, 15) is 9.59 Å². The monoisotopic (exact) mass is 393 g/mol. The number of benzene rings is 2. The summed E-state index contributed by atoms with van der Waals surface area (Å²) in [5.41, 5.74) is 4.46. The van der Waals surface area contributed by atoms with Crippen molar-refractivity contribution in [3.05, 3.63) is 65.2 Å². The van der Waals surface area contributed by atoms with Crippen molar-refractivity contribution in [3.63, 3.8) is 0 Å². The second-order valence-electron chi connectivity index (χ2n) is 8.78. The minimum atomic E-state index is -0.108. The van der Waals surface area contributed by atoms with Crippen LogP contribution in [0.15, 0.2) is 48.5 Å². The second kappa shape index (κ2) is 8.68. The van der Waals surface area contributed by atoms with Crippen molar-refractivity contribution >= 4 is 17.6 Å². The Morgan fingerprint density at radius 1 is 1.03 bits per heavy atom. The third-order valence-corrected chi connectivity index (χ3v) is 5.35. The van der Waals surface area contributed by atoms with Gasteiger partial charge in [-0.15, -0.1) is 0 Å². The molecule has 0 atom stereocenters. The Kier molecular flexibility index (Phi) is 6.26. The smallest absolute Gasteiger partial charge is 0.317 e. The van der Waals surface area contributed by atoms with Crippen LogP contribution in [0.4, 0.5) is 10.5 Å². The molecule has 1 N–H and O–H groups in total. The zero-order valence-corrected chi connectivity index (χ0v) is 17.9. The Labute approximate surface area is 173 Å². The fourth-order valence-corrected chi connectivity index (χ4v) is 3.48. The molecule has 0 radical (unpaired) electrons. The Morgan fingerprint density at radius 3 is 2.21 bits per heavy atom. The van der Waals surface area contributed by atoms with Crippen LogP contribution < -0.4 is 10.2 Å². The van der Waals surface area contributed by atoms with Crippen molar-refractivity contribution in [2.24, 2.45) is 0 Å². The van der Waals surface area contributed by atoms with Crippen LogP contribution in [0.25, 0.3) is 0 Å². The Bertz CT molecular complexity index is 851. The van der Waals surface area contributed by atoms with E-state index in [1.165, 1.54) is 5.56 Å². The maximum absolute atomic E-state index is 12.4. The minimum Gasteiger partial charge on any atom is -0.334 e. The molecule has 0 aliphatic carbocycles. The van der Waals surface area contributed by atoms with Crippen molar-refractivity contribution < 1.29 is 9.59 Å². The van der Waals surface area contributed by atoms with Gasteiger partial charge in [-0.1, -0.05) is 57.2 Å². The van der Waals surface area contributed by atoms with Crippen LogP contribution in [0.1, 0.15) is 50.3 Å². The molecule has 1 aliphatic heterocycles. The molecule has 0 bridgehead atoms. The average molecular weight is 394 g/mol. The predicted molar refractivity (Wildman–Crippen MR) is 117 cm³/mol. The first-order valence-electron chi connectivity index (χ1n) is 10.2. The van der Waals surface area contributed by atoms with E-state index in [2.05, 4.69) is 50.4 Å². The van der Waals surface area contributed by atoms with Crippen molar-refractivity contribution in [3.8, 4) is 0 Å². The maximum Gasteiger partial charge on any atom is 0.317 e. The van der Waals surface area contributed by atoms with Gasteiger partial charge < -0.3 is 15.1 Å². The second-order valence-corrected chi connectivity index (χ2v) is 8.78. The van der Waals surface area contributed by atoms with Crippen LogP contribution in [0.3, 0.4) is 0 Å². The van der Waals surface area contributed by atoms with Crippen LogP contribution in [-0.2, 0) is 23.3 Å². The molecule has 2 aromatic carbocycles. The topological polar surface area (TPSA) is 52.7 Å². The number of rotatable bonds is 5. The normalized spacial score (nSPS) is 14.2. The van der Waals surface area contributed by atoms with Crippen molar-refractivity contribution in [1.29, 1.82) is 0 Å². The van der Waals surface area contributed by atoms with E-state index in [4.69, 9.17) is 0 Å². The summed E-state index contributed by atoms with van der Waals surface area (Å²) in [7, 11) is 1.80. The molecular formula is C24H31N3O2. The molecule has 5 nitrogen and oxygen atoms in total. The molecule has 5 heteroatoms. The third-order valence-electron chi connectivity index (χ3n) is 5.35. The van der Waals surface area contributed by atoms with E-state index >= 15 is 0 Å². The summed E-state index contributed by atoms with van der Waals surface area (Å²) in [6.45, 7) is 8.38. The zero-order chi connectivity index (χ0) is 21.0. The molecule has 3 rings (SSSR count). The highest BCUT2D eigenvalue weighted by Crippen LogP contribution is 2.23. The molecule has 0 spiro atoms. The SMILES string of the molecule is CN(Cc1ccc(C(C)(C)C)cc1)C(=O)NCc1ccc(N2CCCC2=O)cc1. The summed E-state index contributed by atoms with van der Waals surface area (Å²) in [5.74, 6) is 0.184. The fraction of sp³-hybridized carbons (Fsp3) is 0.417. The Morgan fingerprint density at radius 2 is 1.66 bits per heavy atom. The quantitative estimate of drug-likeness (QED) is 0.816. The zero-order valence-electron chi connectivity index (χ0n) is 17.9. The predicted octanol–water partition coefficient (Wildman–Crippen LogP) is 4.45. The molecule has 1 saturated heterocycles. The van der Waals surface area contributed by atoms with E-state index in [0.29, 0.717) is 19.5 Å². The number of nitrogens with one attached hydrogen (secondary N) is 1. The van der Waals surface area contributed by atoms with E-state index in [1.54, 1.807) is 11.9 Å². The van der Waals surface area contributed by atoms with Crippen molar-refractivity contribution in [1.82, 2.24) is 10.2 Å². The van der Waals surface area contributed by atoms with Gasteiger partial charge in [0.05, 0.1) is 0 Å². The first kappa shape index (κ1) is 20.9. The number of carbonyl (C=O) groups is 2. The fourth-order valence-electron chi connectivity index (χ4n) is 3.48. The number of hydrogen-bond acceptors (Lipinski definition) is 2. The van der Waals surface area contributed by atoms with E-state index in [-0.39, 0.29) is 17.4 Å². The summed E-state index contributed by atoms with van der Waals surface area (Å²) in [5, 5.41) is 2.96. The van der Waals surface area contributed by atoms with Crippen molar-refractivity contribution in [2.75, 3.05) is 18.5 Å². The van der Waals surface area contributed by atoms with Gasteiger partial charge in [-0.25, -0.2) is 4.79 Å². The van der Waals surface area contributed by atoms with Crippen LogP contribution in [-0.4, -0.2) is 30.4 Å². The van der Waals surface area contributed by atoms with Gasteiger partial charge in [0.25, 0.3) is 0 Å². The summed E-state index contributed by atoms with van der Waals surface area (Å²) < 4.78 is 0. The molecule has 1 heterocycles. The summed E-state index contributed by atoms with van der Waals surface area (Å²) in [4.78, 5) is 27.8. The largest absolute Gasteiger partial charge is 0.334 e. The average Bonchev–Trinajstić information content (AvgIpc) is 3.12. The lowest BCUT2D eigenvalue weighted by Gasteiger charge is -2.21. The lowest BCUT2D eigenvalue weighted by atomic mass is 9.87. The number of amides is 3. The number of urea groups is 1. The lowest BCUT2D eigenvalue weighted by molar-refractivity contribution is -0.117. The van der Waals surface area contributed by atoms with E-state index in [0.717, 1.165) is 29.8 Å². The summed E-state index contributed by atoms with van der Waals surface area (Å²) >= 11 is 0. The van der Waals surface area contributed by atoms with Gasteiger partial charge in [0.2, 0.25) is 5.91 Å². The number of nitrogens with zero attached hydrogens (tertiary/aromatic N) is 2. The molecule has 154 valence electrons. The molecule has 29 heavy (non-hydrogen) atoms. The van der Waals surface area contributed by atoms with Gasteiger partial charge in [0, 0.05) is 38.8 Å². The molecule has 1 aliphatic rings. The molecule has 0 saturated carbocycles. The third kappa shape index (κ3) is 5.37. The molecule has 0 aromatic heterocycles. The van der Waals surface area contributed by atoms with E-state index in [1.807, 2.05) is 29.2 Å². The van der Waals surface area contributed by atoms with Gasteiger partial charge >= 0.3 is 6.03 Å². The van der Waals surface area contributed by atoms with Gasteiger partial charge in [0.15, 0.2) is 0 Å². The maximum atomic E-state index is 12.4. The van der Waals surface area contributed by atoms with Crippen LogP contribution in [0.5, 0.6) is 0 Å². The minimum absolute atomic E-state index is 0.108. The molecule has 3 amide bonds. The van der Waals surface area contributed by atoms with Gasteiger partial charge in [-0.2, -0.15) is 0 Å². The Hall–Kier alpha value is -2.82. The number of anilines is 1. The Balaban J connectivity index is 1.50. The number of carbonyl (C=O) groups excluding carboxylic acids is 2. The molecule has 0 unspecified atom stereocenters. The van der Waals surface area contributed by atoms with Crippen LogP contribution in [0, 0.1) is 0 Å². The summed E-state index contributed by atoms with van der Waals surface area (Å²) in [6, 6.07) is 16.2. The lowest BCUT2D eigenvalue weighted by Crippen LogP contribution is -2.36. The van der Waals surface area contributed by atoms with Crippen molar-refractivity contribution in [2.45, 2.75) is 52.1 Å². The highest BCUT2D eigenvalue weighted by atomic mass is 16.2. The number of hydrogen-bond donors (Lipinski definition) is 1. The molecule has 1 fully saturated rings. The highest BCUT2D eigenvalue weighted by molar-refractivity contribution is 5.95. The first-order valence-corrected chi connectivity index (χ1v) is 10.2. The van der Waals surface area contributed by atoms with Crippen LogP contribution in [0.2, 0.25) is 0 Å². The molecular weight excluding hydrogens is 362 g/mol. The summed E-state index contributed by atoms with van der Waals surface area (Å²) in [6.07, 6.45) is 1.55. The van der Waals surface area contributed by atoms with Gasteiger partial charge in [-0.05, 0) is 40.7 Å². The van der Waals surface area contributed by atoms with Gasteiger partial charge in [-0.3, -0.25) is 4.79 Å². The van der Waals surface area contributed by atoms with E-state index < -0.39 is 0 Å². The van der Waals surface area contributed by atoms with Gasteiger partial charge in [0.1, 0.15) is 0 Å². The van der Waals surface area contributed by atoms with Crippen LogP contribution >= 0.6 is 0 Å². The molecule has 2 aromatic rings.